The van der Waals surface area contributed by atoms with E-state index < -0.39 is 0 Å². The second kappa shape index (κ2) is 7.01. The average molecular weight is 339 g/mol. The zero-order valence-electron chi connectivity index (χ0n) is 14.0. The summed E-state index contributed by atoms with van der Waals surface area (Å²) in [6.07, 6.45) is 3.69. The Balaban J connectivity index is 2.21. The molecule has 0 atom stereocenters. The van der Waals surface area contributed by atoms with Gasteiger partial charge in [-0.05, 0) is 47.9 Å². The van der Waals surface area contributed by atoms with Crippen LogP contribution in [0.3, 0.4) is 0 Å². The summed E-state index contributed by atoms with van der Waals surface area (Å²) in [5.74, 6) is -0.370. The zero-order chi connectivity index (χ0) is 17.1. The van der Waals surface area contributed by atoms with Gasteiger partial charge in [-0.25, -0.2) is 0 Å². The van der Waals surface area contributed by atoms with Crippen molar-refractivity contribution in [3.8, 4) is 11.1 Å². The fourth-order valence-electron chi connectivity index (χ4n) is 3.18. The van der Waals surface area contributed by atoms with Crippen molar-refractivity contribution in [2.24, 2.45) is 5.73 Å². The molecule has 0 unspecified atom stereocenters. The van der Waals surface area contributed by atoms with Gasteiger partial charge in [0.2, 0.25) is 0 Å². The Kier molecular flexibility index (Phi) is 4.81. The minimum absolute atomic E-state index is 0.370. The Morgan fingerprint density at radius 1 is 1.33 bits per heavy atom. The van der Waals surface area contributed by atoms with Crippen LogP contribution in [0, 0.1) is 6.92 Å². The van der Waals surface area contributed by atoms with Crippen LogP contribution < -0.4 is 5.73 Å². The molecular formula is C19H21N3OS. The van der Waals surface area contributed by atoms with E-state index in [4.69, 9.17) is 5.73 Å². The zero-order valence-corrected chi connectivity index (χ0v) is 14.8. The number of carbonyl (C=O) groups is 1. The van der Waals surface area contributed by atoms with Crippen LogP contribution >= 0.6 is 11.3 Å². The minimum atomic E-state index is -0.370. The first-order valence-electron chi connectivity index (χ1n) is 8.07. The van der Waals surface area contributed by atoms with E-state index in [1.54, 1.807) is 17.5 Å². The molecule has 5 heteroatoms. The lowest BCUT2D eigenvalue weighted by Crippen LogP contribution is -2.13. The summed E-state index contributed by atoms with van der Waals surface area (Å²) in [6.45, 7) is 4.76. The Bertz CT molecular complexity index is 835. The molecule has 0 aromatic carbocycles. The molecule has 0 fully saturated rings. The third kappa shape index (κ3) is 2.99. The van der Waals surface area contributed by atoms with Crippen LogP contribution in [0.25, 0.3) is 11.1 Å². The van der Waals surface area contributed by atoms with Crippen molar-refractivity contribution in [3.05, 3.63) is 63.9 Å². The first-order chi connectivity index (χ1) is 11.6. The largest absolute Gasteiger partial charge is 0.366 e. The van der Waals surface area contributed by atoms with Crippen LogP contribution in [0.4, 0.5) is 0 Å². The number of carbonyl (C=O) groups excluding carboxylic acids is 1. The predicted molar refractivity (Wildman–Crippen MR) is 98.3 cm³/mol. The molecule has 4 nitrogen and oxygen atoms in total. The van der Waals surface area contributed by atoms with Crippen LogP contribution in [0.2, 0.25) is 0 Å². The normalized spacial score (nSPS) is 10.9. The summed E-state index contributed by atoms with van der Waals surface area (Å²) in [5, 5.41) is 4.10. The van der Waals surface area contributed by atoms with Gasteiger partial charge in [0.15, 0.2) is 0 Å². The first kappa shape index (κ1) is 16.5. The summed E-state index contributed by atoms with van der Waals surface area (Å²) in [4.78, 5) is 16.6. The lowest BCUT2D eigenvalue weighted by atomic mass is 10.0. The number of aromatic nitrogens is 2. The van der Waals surface area contributed by atoms with Gasteiger partial charge in [-0.15, -0.1) is 0 Å². The molecule has 2 N–H and O–H groups in total. The van der Waals surface area contributed by atoms with E-state index in [0.29, 0.717) is 12.1 Å². The van der Waals surface area contributed by atoms with Gasteiger partial charge in [0.05, 0.1) is 17.8 Å². The molecule has 3 heterocycles. The maximum Gasteiger partial charge on any atom is 0.251 e. The van der Waals surface area contributed by atoms with Crippen molar-refractivity contribution >= 4 is 17.2 Å². The molecule has 124 valence electrons. The topological polar surface area (TPSA) is 60.9 Å². The molecule has 3 aromatic heterocycles. The van der Waals surface area contributed by atoms with E-state index in [1.807, 2.05) is 30.5 Å². The third-order valence-corrected chi connectivity index (χ3v) is 4.90. The number of primary amides is 1. The van der Waals surface area contributed by atoms with E-state index in [2.05, 4.69) is 27.9 Å². The highest BCUT2D eigenvalue weighted by Gasteiger charge is 2.24. The molecule has 1 amide bonds. The quantitative estimate of drug-likeness (QED) is 0.737. The van der Waals surface area contributed by atoms with Crippen molar-refractivity contribution in [3.63, 3.8) is 0 Å². The van der Waals surface area contributed by atoms with Crippen LogP contribution in [0.5, 0.6) is 0 Å². The van der Waals surface area contributed by atoms with E-state index in [-0.39, 0.29) is 5.91 Å². The number of thiophene rings is 1. The van der Waals surface area contributed by atoms with E-state index in [9.17, 15) is 4.79 Å². The number of hydrogen-bond donors (Lipinski definition) is 1. The standard InChI is InChI=1S/C19H21N3OS/c1-3-6-16-18(14-8-10-24-12-14)17(19(20)23)13(2)22(16)11-15-7-4-5-9-21-15/h4-5,7-10,12H,3,6,11H2,1-2H3,(H2,20,23). The van der Waals surface area contributed by atoms with Gasteiger partial charge in [-0.3, -0.25) is 9.78 Å². The SMILES string of the molecule is CCCc1c(-c2ccsc2)c(C(N)=O)c(C)n1Cc1ccccn1. The Labute approximate surface area is 146 Å². The molecule has 0 aliphatic carbocycles. The van der Waals surface area contributed by atoms with Crippen molar-refractivity contribution in [2.45, 2.75) is 33.2 Å². The molecule has 0 saturated heterocycles. The molecule has 0 aliphatic heterocycles. The highest BCUT2D eigenvalue weighted by molar-refractivity contribution is 7.08. The summed E-state index contributed by atoms with van der Waals surface area (Å²) >= 11 is 1.63. The first-order valence-corrected chi connectivity index (χ1v) is 9.02. The molecule has 0 bridgehead atoms. The molecule has 24 heavy (non-hydrogen) atoms. The molecule has 0 spiro atoms. The molecular weight excluding hydrogens is 318 g/mol. The van der Waals surface area contributed by atoms with Crippen LogP contribution in [-0.4, -0.2) is 15.5 Å². The smallest absolute Gasteiger partial charge is 0.251 e. The van der Waals surface area contributed by atoms with Gasteiger partial charge >= 0.3 is 0 Å². The van der Waals surface area contributed by atoms with Crippen molar-refractivity contribution in [1.82, 2.24) is 9.55 Å². The Hall–Kier alpha value is -2.40. The van der Waals surface area contributed by atoms with Gasteiger partial charge in [0, 0.05) is 23.1 Å². The van der Waals surface area contributed by atoms with Crippen LogP contribution in [0.1, 0.15) is 40.8 Å². The van der Waals surface area contributed by atoms with Crippen LogP contribution in [-0.2, 0) is 13.0 Å². The summed E-state index contributed by atoms with van der Waals surface area (Å²) in [5.41, 5.74) is 11.5. The van der Waals surface area contributed by atoms with Crippen molar-refractivity contribution < 1.29 is 4.79 Å². The number of nitrogens with two attached hydrogens (primary N) is 1. The third-order valence-electron chi connectivity index (χ3n) is 4.22. The summed E-state index contributed by atoms with van der Waals surface area (Å²) in [6, 6.07) is 7.94. The average Bonchev–Trinajstić information content (AvgIpc) is 3.18. The van der Waals surface area contributed by atoms with Crippen LogP contribution in [0.15, 0.2) is 41.2 Å². The monoisotopic (exact) mass is 339 g/mol. The molecule has 0 radical (unpaired) electrons. The van der Waals surface area contributed by atoms with Crippen molar-refractivity contribution in [1.29, 1.82) is 0 Å². The second-order valence-electron chi connectivity index (χ2n) is 5.82. The molecule has 3 aromatic rings. The molecule has 0 aliphatic rings. The fourth-order valence-corrected chi connectivity index (χ4v) is 3.83. The van der Waals surface area contributed by atoms with Gasteiger partial charge in [-0.2, -0.15) is 11.3 Å². The Morgan fingerprint density at radius 3 is 2.75 bits per heavy atom. The van der Waals surface area contributed by atoms with Crippen molar-refractivity contribution in [2.75, 3.05) is 0 Å². The number of hydrogen-bond acceptors (Lipinski definition) is 3. The molecule has 0 saturated carbocycles. The van der Waals surface area contributed by atoms with Gasteiger partial charge < -0.3 is 10.3 Å². The molecule has 3 rings (SSSR count). The summed E-state index contributed by atoms with van der Waals surface area (Å²) < 4.78 is 2.19. The van der Waals surface area contributed by atoms with E-state index in [0.717, 1.165) is 41.1 Å². The lowest BCUT2D eigenvalue weighted by Gasteiger charge is -2.12. The van der Waals surface area contributed by atoms with E-state index >= 15 is 0 Å². The minimum Gasteiger partial charge on any atom is -0.366 e. The number of nitrogens with zero attached hydrogens (tertiary/aromatic N) is 2. The maximum atomic E-state index is 12.2. The Morgan fingerprint density at radius 2 is 2.17 bits per heavy atom. The lowest BCUT2D eigenvalue weighted by molar-refractivity contribution is 0.1000. The highest BCUT2D eigenvalue weighted by atomic mass is 32.1. The highest BCUT2D eigenvalue weighted by Crippen LogP contribution is 2.35. The second-order valence-corrected chi connectivity index (χ2v) is 6.60. The summed E-state index contributed by atoms with van der Waals surface area (Å²) in [7, 11) is 0. The fraction of sp³-hybridized carbons (Fsp3) is 0.263. The maximum absolute atomic E-state index is 12.2. The van der Waals surface area contributed by atoms with Gasteiger partial charge in [0.25, 0.3) is 5.91 Å². The number of amides is 1. The number of rotatable bonds is 6. The van der Waals surface area contributed by atoms with Gasteiger partial charge in [-0.1, -0.05) is 19.4 Å². The van der Waals surface area contributed by atoms with E-state index in [1.165, 1.54) is 0 Å². The predicted octanol–water partition coefficient (Wildman–Crippen LogP) is 4.02. The number of pyridine rings is 1. The van der Waals surface area contributed by atoms with Gasteiger partial charge in [0.1, 0.15) is 0 Å².